The van der Waals surface area contributed by atoms with Crippen LogP contribution in [0.4, 0.5) is 0 Å². The molecule has 0 saturated heterocycles. The Morgan fingerprint density at radius 2 is 1.53 bits per heavy atom. The molecule has 1 aliphatic rings. The number of nitrogens with two attached hydrogens (primary N) is 1. The molecule has 1 saturated carbocycles. The Balaban J connectivity index is 2.34. The molecule has 0 aromatic rings. The predicted octanol–water partition coefficient (Wildman–Crippen LogP) is 3.33. The van der Waals surface area contributed by atoms with Crippen LogP contribution in [0.15, 0.2) is 0 Å². The number of hydrogen-bond acceptors (Lipinski definition) is 2. The van der Waals surface area contributed by atoms with E-state index in [0.29, 0.717) is 5.92 Å². The lowest BCUT2D eigenvalue weighted by Gasteiger charge is -2.29. The Labute approximate surface area is 107 Å². The van der Waals surface area contributed by atoms with Gasteiger partial charge >= 0.3 is 0 Å². The summed E-state index contributed by atoms with van der Waals surface area (Å²) in [5.41, 5.74) is 6.20. The monoisotopic (exact) mass is 241 g/mol. The first-order valence-corrected chi connectivity index (χ1v) is 7.51. The summed E-state index contributed by atoms with van der Waals surface area (Å²) >= 11 is 0. The maximum absolute atomic E-state index is 9.16. The largest absolute Gasteiger partial charge is 0.396 e. The van der Waals surface area contributed by atoms with Crippen molar-refractivity contribution in [3.63, 3.8) is 0 Å². The van der Waals surface area contributed by atoms with E-state index in [2.05, 4.69) is 13.8 Å². The highest BCUT2D eigenvalue weighted by molar-refractivity contribution is 4.77. The zero-order chi connectivity index (χ0) is 12.7. The smallest absolute Gasteiger partial charge is 0.0471 e. The van der Waals surface area contributed by atoms with Crippen LogP contribution in [0.3, 0.4) is 0 Å². The topological polar surface area (TPSA) is 46.2 Å². The van der Waals surface area contributed by atoms with Gasteiger partial charge < -0.3 is 10.8 Å². The van der Waals surface area contributed by atoms with Gasteiger partial charge in [-0.25, -0.2) is 0 Å². The second-order valence-electron chi connectivity index (χ2n) is 6.16. The lowest BCUT2D eigenvalue weighted by Crippen LogP contribution is -2.37. The summed E-state index contributed by atoms with van der Waals surface area (Å²) in [6.45, 7) is 4.53. The van der Waals surface area contributed by atoms with E-state index in [1.807, 2.05) is 0 Å². The molecule has 0 aromatic carbocycles. The standard InChI is InChI=1S/C15H31NO/c1-12(15(16)13(2)11-17)10-14-8-6-4-3-5-7-9-14/h12-15,17H,3-11,16H2,1-2H3. The molecule has 0 spiro atoms. The van der Waals surface area contributed by atoms with Crippen molar-refractivity contribution in [3.05, 3.63) is 0 Å². The minimum atomic E-state index is 0.158. The molecule has 0 aliphatic heterocycles. The summed E-state index contributed by atoms with van der Waals surface area (Å²) in [5.74, 6) is 1.65. The minimum absolute atomic E-state index is 0.158. The minimum Gasteiger partial charge on any atom is -0.396 e. The van der Waals surface area contributed by atoms with Gasteiger partial charge in [0, 0.05) is 12.6 Å². The SMILES string of the molecule is CC(CO)C(N)C(C)CC1CCCCCCC1. The lowest BCUT2D eigenvalue weighted by atomic mass is 9.80. The Bertz CT molecular complexity index is 187. The van der Waals surface area contributed by atoms with Crippen molar-refractivity contribution < 1.29 is 5.11 Å². The van der Waals surface area contributed by atoms with Crippen molar-refractivity contribution in [3.8, 4) is 0 Å². The Kier molecular flexibility index (Phi) is 7.14. The summed E-state index contributed by atoms with van der Waals surface area (Å²) < 4.78 is 0. The van der Waals surface area contributed by atoms with Gasteiger partial charge in [-0.2, -0.15) is 0 Å². The third kappa shape index (κ3) is 5.39. The molecule has 1 rings (SSSR count). The van der Waals surface area contributed by atoms with E-state index in [1.54, 1.807) is 0 Å². The van der Waals surface area contributed by atoms with Crippen LogP contribution in [-0.2, 0) is 0 Å². The fourth-order valence-electron chi connectivity index (χ4n) is 3.14. The molecule has 3 atom stereocenters. The first-order valence-electron chi connectivity index (χ1n) is 7.51. The van der Waals surface area contributed by atoms with Crippen LogP contribution in [0.25, 0.3) is 0 Å². The lowest BCUT2D eigenvalue weighted by molar-refractivity contribution is 0.179. The zero-order valence-corrected chi connectivity index (χ0v) is 11.7. The molecular weight excluding hydrogens is 210 g/mol. The molecule has 3 N–H and O–H groups in total. The summed E-state index contributed by atoms with van der Waals surface area (Å²) in [4.78, 5) is 0. The van der Waals surface area contributed by atoms with Crippen molar-refractivity contribution in [2.75, 3.05) is 6.61 Å². The molecular formula is C15H31NO. The van der Waals surface area contributed by atoms with Gasteiger partial charge in [0.15, 0.2) is 0 Å². The van der Waals surface area contributed by atoms with Gasteiger partial charge in [0.05, 0.1) is 0 Å². The van der Waals surface area contributed by atoms with E-state index < -0.39 is 0 Å². The van der Waals surface area contributed by atoms with Crippen molar-refractivity contribution in [1.29, 1.82) is 0 Å². The maximum Gasteiger partial charge on any atom is 0.0471 e. The normalized spacial score (nSPS) is 24.7. The second-order valence-corrected chi connectivity index (χ2v) is 6.16. The Morgan fingerprint density at radius 1 is 1.00 bits per heavy atom. The first-order chi connectivity index (χ1) is 8.15. The van der Waals surface area contributed by atoms with Gasteiger partial charge in [0.1, 0.15) is 0 Å². The summed E-state index contributed by atoms with van der Waals surface area (Å²) in [7, 11) is 0. The molecule has 102 valence electrons. The van der Waals surface area contributed by atoms with Gasteiger partial charge in [-0.1, -0.05) is 58.8 Å². The van der Waals surface area contributed by atoms with E-state index in [1.165, 1.54) is 51.4 Å². The van der Waals surface area contributed by atoms with Crippen LogP contribution in [0.1, 0.15) is 65.2 Å². The summed E-state index contributed by atoms with van der Waals surface area (Å²) in [6.07, 6.45) is 11.1. The molecule has 2 heteroatoms. The molecule has 0 amide bonds. The molecule has 0 aromatic heterocycles. The summed E-state index contributed by atoms with van der Waals surface area (Å²) in [6, 6.07) is 0.158. The highest BCUT2D eigenvalue weighted by atomic mass is 16.3. The van der Waals surface area contributed by atoms with Gasteiger partial charge in [-0.3, -0.25) is 0 Å². The molecule has 3 unspecified atom stereocenters. The molecule has 0 heterocycles. The molecule has 17 heavy (non-hydrogen) atoms. The molecule has 1 fully saturated rings. The zero-order valence-electron chi connectivity index (χ0n) is 11.7. The van der Waals surface area contributed by atoms with Crippen LogP contribution in [0.5, 0.6) is 0 Å². The Morgan fingerprint density at radius 3 is 2.06 bits per heavy atom. The first kappa shape index (κ1) is 15.0. The van der Waals surface area contributed by atoms with Gasteiger partial charge in [-0.15, -0.1) is 0 Å². The van der Waals surface area contributed by atoms with E-state index in [4.69, 9.17) is 10.8 Å². The number of aliphatic hydroxyl groups excluding tert-OH is 1. The third-order valence-electron chi connectivity index (χ3n) is 4.53. The van der Waals surface area contributed by atoms with Crippen molar-refractivity contribution in [2.45, 2.75) is 71.3 Å². The maximum atomic E-state index is 9.16. The molecule has 0 bridgehead atoms. The van der Waals surface area contributed by atoms with E-state index in [0.717, 1.165) is 5.92 Å². The van der Waals surface area contributed by atoms with E-state index in [9.17, 15) is 0 Å². The van der Waals surface area contributed by atoms with E-state index in [-0.39, 0.29) is 18.6 Å². The highest BCUT2D eigenvalue weighted by Gasteiger charge is 2.22. The predicted molar refractivity (Wildman–Crippen MR) is 73.8 cm³/mol. The number of rotatable bonds is 5. The van der Waals surface area contributed by atoms with E-state index >= 15 is 0 Å². The Hall–Kier alpha value is -0.0800. The van der Waals surface area contributed by atoms with Crippen LogP contribution < -0.4 is 5.73 Å². The van der Waals surface area contributed by atoms with Crippen LogP contribution in [0, 0.1) is 17.8 Å². The van der Waals surface area contributed by atoms with Crippen molar-refractivity contribution >= 4 is 0 Å². The van der Waals surface area contributed by atoms with Crippen molar-refractivity contribution in [1.82, 2.24) is 0 Å². The fourth-order valence-corrected chi connectivity index (χ4v) is 3.14. The molecule has 2 nitrogen and oxygen atoms in total. The van der Waals surface area contributed by atoms with Crippen LogP contribution in [-0.4, -0.2) is 17.8 Å². The average Bonchev–Trinajstić information content (AvgIpc) is 2.30. The third-order valence-corrected chi connectivity index (χ3v) is 4.53. The quantitative estimate of drug-likeness (QED) is 0.775. The second kappa shape index (κ2) is 8.10. The van der Waals surface area contributed by atoms with Gasteiger partial charge in [0.2, 0.25) is 0 Å². The number of hydrogen-bond donors (Lipinski definition) is 2. The van der Waals surface area contributed by atoms with Crippen molar-refractivity contribution in [2.24, 2.45) is 23.5 Å². The molecule has 1 aliphatic carbocycles. The molecule has 0 radical (unpaired) electrons. The van der Waals surface area contributed by atoms with Gasteiger partial charge in [-0.05, 0) is 24.2 Å². The number of aliphatic hydroxyl groups is 1. The van der Waals surface area contributed by atoms with Crippen LogP contribution in [0.2, 0.25) is 0 Å². The summed E-state index contributed by atoms with van der Waals surface area (Å²) in [5, 5.41) is 9.16. The van der Waals surface area contributed by atoms with Gasteiger partial charge in [0.25, 0.3) is 0 Å². The highest BCUT2D eigenvalue weighted by Crippen LogP contribution is 2.29. The van der Waals surface area contributed by atoms with Crippen LogP contribution >= 0.6 is 0 Å². The average molecular weight is 241 g/mol. The fraction of sp³-hybridized carbons (Fsp3) is 1.00.